The van der Waals surface area contributed by atoms with Crippen molar-refractivity contribution in [2.75, 3.05) is 7.11 Å². The van der Waals surface area contributed by atoms with E-state index in [9.17, 15) is 9.90 Å². The molecule has 0 aromatic heterocycles. The largest absolute Gasteiger partial charge is 0.504 e. The monoisotopic (exact) mass is 216 g/mol. The molecule has 0 aliphatic rings. The topological polar surface area (TPSA) is 46.5 Å². The molecule has 0 bridgehead atoms. The number of benzene rings is 2. The number of rotatable bonds is 2. The number of carbonyl (C=O) groups is 1. The van der Waals surface area contributed by atoms with Gasteiger partial charge in [-0.2, -0.15) is 0 Å². The first-order valence-electron chi connectivity index (χ1n) is 4.93. The molecular weight excluding hydrogens is 204 g/mol. The number of hydrogen-bond donors (Lipinski definition) is 1. The van der Waals surface area contributed by atoms with E-state index in [2.05, 4.69) is 0 Å². The van der Waals surface area contributed by atoms with Crippen LogP contribution in [0.15, 0.2) is 24.3 Å². The third-order valence-corrected chi connectivity index (χ3v) is 2.65. The SMILES string of the molecule is COc1c(O)c(C)cc2cccc(C=O)c12. The van der Waals surface area contributed by atoms with Crippen LogP contribution in [0, 0.1) is 6.92 Å². The van der Waals surface area contributed by atoms with Crippen molar-refractivity contribution < 1.29 is 14.6 Å². The van der Waals surface area contributed by atoms with Crippen molar-refractivity contribution in [3.63, 3.8) is 0 Å². The predicted octanol–water partition coefficient (Wildman–Crippen LogP) is 2.67. The molecule has 3 nitrogen and oxygen atoms in total. The van der Waals surface area contributed by atoms with Crippen molar-refractivity contribution in [1.82, 2.24) is 0 Å². The first-order chi connectivity index (χ1) is 7.69. The Hall–Kier alpha value is -2.03. The molecule has 1 N–H and O–H groups in total. The molecule has 0 spiro atoms. The van der Waals surface area contributed by atoms with Gasteiger partial charge in [-0.05, 0) is 23.9 Å². The van der Waals surface area contributed by atoms with E-state index >= 15 is 0 Å². The number of methoxy groups -OCH3 is 1. The van der Waals surface area contributed by atoms with Crippen molar-refractivity contribution >= 4 is 17.1 Å². The molecule has 0 heterocycles. The number of fused-ring (bicyclic) bond motifs is 1. The molecule has 0 saturated carbocycles. The maximum absolute atomic E-state index is 10.9. The standard InChI is InChI=1S/C13H12O3/c1-8-6-9-4-3-5-10(7-14)11(9)13(16-2)12(8)15/h3-7,15H,1-2H3. The summed E-state index contributed by atoms with van der Waals surface area (Å²) in [6, 6.07) is 7.23. The maximum atomic E-state index is 10.9. The molecule has 2 aromatic carbocycles. The number of ether oxygens (including phenoxy) is 1. The second-order valence-corrected chi connectivity index (χ2v) is 3.64. The van der Waals surface area contributed by atoms with Gasteiger partial charge in [-0.15, -0.1) is 0 Å². The van der Waals surface area contributed by atoms with E-state index in [1.165, 1.54) is 7.11 Å². The number of phenols is 1. The molecule has 0 radical (unpaired) electrons. The van der Waals surface area contributed by atoms with Crippen molar-refractivity contribution in [2.45, 2.75) is 6.92 Å². The molecule has 0 atom stereocenters. The zero-order valence-corrected chi connectivity index (χ0v) is 9.15. The molecule has 0 amide bonds. The fourth-order valence-corrected chi connectivity index (χ4v) is 1.87. The number of phenolic OH excluding ortho intramolecular Hbond substituents is 1. The van der Waals surface area contributed by atoms with E-state index in [1.54, 1.807) is 13.0 Å². The maximum Gasteiger partial charge on any atom is 0.169 e. The van der Waals surface area contributed by atoms with E-state index in [4.69, 9.17) is 4.74 Å². The summed E-state index contributed by atoms with van der Waals surface area (Å²) < 4.78 is 5.17. The molecule has 2 rings (SSSR count). The van der Waals surface area contributed by atoms with Gasteiger partial charge in [-0.1, -0.05) is 18.2 Å². The molecule has 82 valence electrons. The summed E-state index contributed by atoms with van der Waals surface area (Å²) in [5.74, 6) is 0.446. The highest BCUT2D eigenvalue weighted by atomic mass is 16.5. The molecule has 16 heavy (non-hydrogen) atoms. The highest BCUT2D eigenvalue weighted by Crippen LogP contribution is 2.38. The highest BCUT2D eigenvalue weighted by Gasteiger charge is 2.13. The van der Waals surface area contributed by atoms with Crippen LogP contribution in [0.3, 0.4) is 0 Å². The van der Waals surface area contributed by atoms with E-state index in [1.807, 2.05) is 18.2 Å². The van der Waals surface area contributed by atoms with Gasteiger partial charge in [0, 0.05) is 10.9 Å². The molecule has 3 heteroatoms. The lowest BCUT2D eigenvalue weighted by atomic mass is 10.0. The Morgan fingerprint density at radius 2 is 2.12 bits per heavy atom. The lowest BCUT2D eigenvalue weighted by Gasteiger charge is -2.11. The minimum absolute atomic E-state index is 0.0873. The van der Waals surface area contributed by atoms with Gasteiger partial charge in [0.2, 0.25) is 0 Å². The van der Waals surface area contributed by atoms with Gasteiger partial charge in [0.15, 0.2) is 17.8 Å². The summed E-state index contributed by atoms with van der Waals surface area (Å²) in [7, 11) is 1.48. The Bertz CT molecular complexity index is 559. The molecule has 2 aromatic rings. The molecule has 0 unspecified atom stereocenters. The summed E-state index contributed by atoms with van der Waals surface area (Å²) >= 11 is 0. The highest BCUT2D eigenvalue weighted by molar-refractivity contribution is 6.03. The smallest absolute Gasteiger partial charge is 0.169 e. The molecule has 0 saturated heterocycles. The Labute approximate surface area is 93.3 Å². The molecular formula is C13H12O3. The second kappa shape index (κ2) is 3.85. The first-order valence-corrected chi connectivity index (χ1v) is 4.93. The number of carbonyl (C=O) groups excluding carboxylic acids is 1. The fraction of sp³-hybridized carbons (Fsp3) is 0.154. The van der Waals surface area contributed by atoms with Crippen molar-refractivity contribution in [3.05, 3.63) is 35.4 Å². The number of hydrogen-bond acceptors (Lipinski definition) is 3. The average Bonchev–Trinajstić information content (AvgIpc) is 2.30. The summed E-state index contributed by atoms with van der Waals surface area (Å²) in [6.07, 6.45) is 0.764. The zero-order valence-electron chi connectivity index (χ0n) is 9.15. The van der Waals surface area contributed by atoms with Crippen LogP contribution in [-0.2, 0) is 0 Å². The molecule has 0 aliphatic carbocycles. The normalized spacial score (nSPS) is 10.4. The summed E-state index contributed by atoms with van der Waals surface area (Å²) in [6.45, 7) is 1.80. The average molecular weight is 216 g/mol. The summed E-state index contributed by atoms with van der Waals surface area (Å²) in [4.78, 5) is 10.9. The van der Waals surface area contributed by atoms with Gasteiger partial charge < -0.3 is 9.84 Å². The van der Waals surface area contributed by atoms with Crippen LogP contribution in [0.2, 0.25) is 0 Å². The predicted molar refractivity (Wildman–Crippen MR) is 62.3 cm³/mol. The quantitative estimate of drug-likeness (QED) is 0.785. The lowest BCUT2D eigenvalue weighted by molar-refractivity contribution is 0.112. The van der Waals surface area contributed by atoms with Gasteiger partial charge >= 0.3 is 0 Å². The van der Waals surface area contributed by atoms with Crippen LogP contribution in [0.5, 0.6) is 11.5 Å². The lowest BCUT2D eigenvalue weighted by Crippen LogP contribution is -1.92. The second-order valence-electron chi connectivity index (χ2n) is 3.64. The zero-order chi connectivity index (χ0) is 11.7. The molecule has 0 aliphatic heterocycles. The van der Waals surface area contributed by atoms with E-state index in [-0.39, 0.29) is 5.75 Å². The van der Waals surface area contributed by atoms with Crippen molar-refractivity contribution in [2.24, 2.45) is 0 Å². The van der Waals surface area contributed by atoms with Crippen LogP contribution in [0.4, 0.5) is 0 Å². The number of aldehydes is 1. The Kier molecular flexibility index (Phi) is 2.52. The van der Waals surface area contributed by atoms with E-state index in [0.29, 0.717) is 16.7 Å². The van der Waals surface area contributed by atoms with Crippen LogP contribution in [-0.4, -0.2) is 18.5 Å². The Morgan fingerprint density at radius 1 is 1.38 bits per heavy atom. The van der Waals surface area contributed by atoms with Gasteiger partial charge in [-0.25, -0.2) is 0 Å². The fourth-order valence-electron chi connectivity index (χ4n) is 1.87. The number of aryl methyl sites for hydroxylation is 1. The van der Waals surface area contributed by atoms with Gasteiger partial charge in [0.1, 0.15) is 0 Å². The van der Waals surface area contributed by atoms with Crippen LogP contribution >= 0.6 is 0 Å². The summed E-state index contributed by atoms with van der Waals surface area (Å²) in [5.41, 5.74) is 1.25. The van der Waals surface area contributed by atoms with Crippen molar-refractivity contribution in [3.8, 4) is 11.5 Å². The number of aromatic hydroxyl groups is 1. The third kappa shape index (κ3) is 1.41. The Balaban J connectivity index is 2.97. The van der Waals surface area contributed by atoms with Gasteiger partial charge in [-0.3, -0.25) is 4.79 Å². The molecule has 0 fully saturated rings. The van der Waals surface area contributed by atoms with Crippen LogP contribution in [0.1, 0.15) is 15.9 Å². The van der Waals surface area contributed by atoms with E-state index in [0.717, 1.165) is 17.2 Å². The van der Waals surface area contributed by atoms with Crippen molar-refractivity contribution in [1.29, 1.82) is 0 Å². The minimum Gasteiger partial charge on any atom is -0.504 e. The third-order valence-electron chi connectivity index (χ3n) is 2.65. The van der Waals surface area contributed by atoms with Crippen LogP contribution in [0.25, 0.3) is 10.8 Å². The summed E-state index contributed by atoms with van der Waals surface area (Å²) in [5, 5.41) is 11.4. The first kappa shape index (κ1) is 10.5. The Morgan fingerprint density at radius 3 is 2.75 bits per heavy atom. The minimum atomic E-state index is 0.0873. The van der Waals surface area contributed by atoms with Gasteiger partial charge in [0.25, 0.3) is 0 Å². The van der Waals surface area contributed by atoms with Crippen LogP contribution < -0.4 is 4.74 Å². The van der Waals surface area contributed by atoms with Gasteiger partial charge in [0.05, 0.1) is 7.11 Å². The van der Waals surface area contributed by atoms with E-state index < -0.39 is 0 Å².